The molecule has 1 N–H and O–H groups in total. The Morgan fingerprint density at radius 2 is 2.33 bits per heavy atom. The molecule has 0 aliphatic carbocycles. The number of aliphatic hydroxyl groups is 1. The number of nitrogens with zero attached hydrogens (tertiary/aromatic N) is 1. The summed E-state index contributed by atoms with van der Waals surface area (Å²) in [6, 6.07) is 0. The summed E-state index contributed by atoms with van der Waals surface area (Å²) in [7, 11) is 1.59. The van der Waals surface area contributed by atoms with Gasteiger partial charge in [-0.2, -0.15) is 0 Å². The van der Waals surface area contributed by atoms with Crippen molar-refractivity contribution in [2.45, 2.75) is 25.9 Å². The van der Waals surface area contributed by atoms with Gasteiger partial charge in [-0.1, -0.05) is 11.3 Å². The predicted molar refractivity (Wildman–Crippen MR) is 48.7 cm³/mol. The van der Waals surface area contributed by atoms with Crippen LogP contribution < -0.4 is 4.74 Å². The summed E-state index contributed by atoms with van der Waals surface area (Å²) >= 11 is 1.47. The number of aromatic nitrogens is 1. The minimum atomic E-state index is -0.669. The van der Waals surface area contributed by atoms with Crippen molar-refractivity contribution >= 4 is 11.3 Å². The number of ether oxygens (including phenoxy) is 1. The average Bonchev–Trinajstić information content (AvgIpc) is 2.32. The number of hydrogen-bond acceptors (Lipinski definition) is 4. The third kappa shape index (κ3) is 2.79. The topological polar surface area (TPSA) is 42.4 Å². The molecule has 0 saturated heterocycles. The fourth-order valence-corrected chi connectivity index (χ4v) is 1.84. The van der Waals surface area contributed by atoms with E-state index in [9.17, 15) is 5.11 Å². The van der Waals surface area contributed by atoms with E-state index in [4.69, 9.17) is 4.74 Å². The monoisotopic (exact) mass is 187 g/mol. The molecule has 3 nitrogen and oxygen atoms in total. The first kappa shape index (κ1) is 9.48. The van der Waals surface area contributed by atoms with Gasteiger partial charge < -0.3 is 9.84 Å². The van der Waals surface area contributed by atoms with Crippen molar-refractivity contribution in [2.24, 2.45) is 0 Å². The summed E-state index contributed by atoms with van der Waals surface area (Å²) < 4.78 is 4.94. The molecule has 1 aromatic rings. The van der Waals surface area contributed by atoms with E-state index >= 15 is 0 Å². The summed E-state index contributed by atoms with van der Waals surface area (Å²) in [5.41, 5.74) is -0.669. The van der Waals surface area contributed by atoms with Gasteiger partial charge in [0, 0.05) is 17.5 Å². The van der Waals surface area contributed by atoms with Crippen LogP contribution in [0.15, 0.2) is 6.20 Å². The maximum absolute atomic E-state index is 9.49. The highest BCUT2D eigenvalue weighted by Crippen LogP contribution is 2.23. The molecule has 1 heterocycles. The van der Waals surface area contributed by atoms with E-state index in [-0.39, 0.29) is 0 Å². The Bertz CT molecular complexity index is 252. The molecule has 0 atom stereocenters. The quantitative estimate of drug-likeness (QED) is 0.779. The summed E-state index contributed by atoms with van der Waals surface area (Å²) in [6.07, 6.45) is 2.36. The molecule has 0 amide bonds. The number of rotatable bonds is 3. The Balaban J connectivity index is 2.64. The second-order valence-corrected chi connectivity index (χ2v) is 4.36. The van der Waals surface area contributed by atoms with Gasteiger partial charge in [0.25, 0.3) is 5.19 Å². The summed E-state index contributed by atoms with van der Waals surface area (Å²) in [4.78, 5) is 5.05. The van der Waals surface area contributed by atoms with Crippen molar-refractivity contribution in [3.05, 3.63) is 11.1 Å². The second-order valence-electron chi connectivity index (χ2n) is 3.29. The van der Waals surface area contributed by atoms with E-state index in [2.05, 4.69) is 4.98 Å². The molecule has 1 aromatic heterocycles. The van der Waals surface area contributed by atoms with Crippen LogP contribution in [0.4, 0.5) is 0 Å². The molecule has 1 rings (SSSR count). The Morgan fingerprint density at radius 1 is 1.67 bits per heavy atom. The van der Waals surface area contributed by atoms with Crippen LogP contribution in [0, 0.1) is 0 Å². The SMILES string of the molecule is COc1ncc(CC(C)(C)O)s1. The molecule has 0 aliphatic rings. The zero-order chi connectivity index (χ0) is 9.19. The molecule has 0 saturated carbocycles. The first-order valence-electron chi connectivity index (χ1n) is 3.72. The Morgan fingerprint density at radius 3 is 2.75 bits per heavy atom. The van der Waals surface area contributed by atoms with Crippen molar-refractivity contribution in [3.63, 3.8) is 0 Å². The van der Waals surface area contributed by atoms with Crippen molar-refractivity contribution in [3.8, 4) is 5.19 Å². The van der Waals surface area contributed by atoms with Gasteiger partial charge in [-0.15, -0.1) is 0 Å². The predicted octanol–water partition coefficient (Wildman–Crippen LogP) is 1.47. The minimum absolute atomic E-state index is 0.619. The molecular weight excluding hydrogens is 174 g/mol. The highest BCUT2D eigenvalue weighted by atomic mass is 32.1. The molecule has 0 spiro atoms. The summed E-state index contributed by atoms with van der Waals surface area (Å²) in [6.45, 7) is 3.55. The maximum atomic E-state index is 9.49. The van der Waals surface area contributed by atoms with Crippen LogP contribution >= 0.6 is 11.3 Å². The van der Waals surface area contributed by atoms with Gasteiger partial charge in [-0.05, 0) is 13.8 Å². The highest BCUT2D eigenvalue weighted by Gasteiger charge is 2.15. The molecule has 4 heteroatoms. The summed E-state index contributed by atoms with van der Waals surface area (Å²) in [5, 5.41) is 10.1. The van der Waals surface area contributed by atoms with Crippen LogP contribution in [0.5, 0.6) is 5.19 Å². The number of hydrogen-bond donors (Lipinski definition) is 1. The fourth-order valence-electron chi connectivity index (χ4n) is 0.892. The van der Waals surface area contributed by atoms with E-state index in [1.165, 1.54) is 11.3 Å². The smallest absolute Gasteiger partial charge is 0.273 e. The van der Waals surface area contributed by atoms with Crippen molar-refractivity contribution in [2.75, 3.05) is 7.11 Å². The number of thiazole rings is 1. The Labute approximate surface area is 76.0 Å². The van der Waals surface area contributed by atoms with Crippen molar-refractivity contribution < 1.29 is 9.84 Å². The van der Waals surface area contributed by atoms with E-state index in [0.717, 1.165) is 4.88 Å². The van der Waals surface area contributed by atoms with Gasteiger partial charge >= 0.3 is 0 Å². The molecule has 12 heavy (non-hydrogen) atoms. The first-order chi connectivity index (χ1) is 5.51. The normalized spacial score (nSPS) is 11.7. The van der Waals surface area contributed by atoms with E-state index < -0.39 is 5.60 Å². The van der Waals surface area contributed by atoms with Crippen molar-refractivity contribution in [1.82, 2.24) is 4.98 Å². The van der Waals surface area contributed by atoms with Crippen molar-refractivity contribution in [1.29, 1.82) is 0 Å². The minimum Gasteiger partial charge on any atom is -0.473 e. The van der Waals surface area contributed by atoms with Gasteiger partial charge in [0.2, 0.25) is 0 Å². The van der Waals surface area contributed by atoms with Crippen LogP contribution in [-0.4, -0.2) is 22.8 Å². The van der Waals surface area contributed by atoms with Crippen LogP contribution in [0.3, 0.4) is 0 Å². The lowest BCUT2D eigenvalue weighted by molar-refractivity contribution is 0.0818. The lowest BCUT2D eigenvalue weighted by Gasteiger charge is -2.14. The second kappa shape index (κ2) is 3.41. The third-order valence-electron chi connectivity index (χ3n) is 1.31. The maximum Gasteiger partial charge on any atom is 0.273 e. The fraction of sp³-hybridized carbons (Fsp3) is 0.625. The molecule has 68 valence electrons. The van der Waals surface area contributed by atoms with E-state index in [1.54, 1.807) is 27.2 Å². The molecule has 0 bridgehead atoms. The highest BCUT2D eigenvalue weighted by molar-refractivity contribution is 7.13. The third-order valence-corrected chi connectivity index (χ3v) is 2.27. The average molecular weight is 187 g/mol. The van der Waals surface area contributed by atoms with Gasteiger partial charge in [-0.3, -0.25) is 0 Å². The van der Waals surface area contributed by atoms with Gasteiger partial charge in [0.05, 0.1) is 12.7 Å². The zero-order valence-electron chi connectivity index (χ0n) is 7.50. The zero-order valence-corrected chi connectivity index (χ0v) is 8.31. The lowest BCUT2D eigenvalue weighted by atomic mass is 10.1. The van der Waals surface area contributed by atoms with Crippen LogP contribution in [-0.2, 0) is 6.42 Å². The lowest BCUT2D eigenvalue weighted by Crippen LogP contribution is -2.21. The largest absolute Gasteiger partial charge is 0.473 e. The Hall–Kier alpha value is -0.610. The van der Waals surface area contributed by atoms with E-state index in [1.807, 2.05) is 0 Å². The number of methoxy groups -OCH3 is 1. The summed E-state index contributed by atoms with van der Waals surface area (Å²) in [5.74, 6) is 0. The van der Waals surface area contributed by atoms with Gasteiger partial charge in [-0.25, -0.2) is 4.98 Å². The van der Waals surface area contributed by atoms with Gasteiger partial charge in [0.15, 0.2) is 0 Å². The molecular formula is C8H13NO2S. The van der Waals surface area contributed by atoms with Crippen LogP contribution in [0.25, 0.3) is 0 Å². The molecule has 0 aliphatic heterocycles. The molecule has 0 fully saturated rings. The Kier molecular flexibility index (Phi) is 2.69. The molecule has 0 unspecified atom stereocenters. The van der Waals surface area contributed by atoms with Crippen LogP contribution in [0.1, 0.15) is 18.7 Å². The first-order valence-corrected chi connectivity index (χ1v) is 4.54. The van der Waals surface area contributed by atoms with E-state index in [0.29, 0.717) is 11.6 Å². The standard InChI is InChI=1S/C8H13NO2S/c1-8(2,10)4-6-5-9-7(11-3)12-6/h5,10H,4H2,1-3H3. The molecule has 0 aromatic carbocycles. The molecule has 0 radical (unpaired) electrons. The van der Waals surface area contributed by atoms with Gasteiger partial charge in [0.1, 0.15) is 0 Å². The van der Waals surface area contributed by atoms with Crippen LogP contribution in [0.2, 0.25) is 0 Å².